The Morgan fingerprint density at radius 1 is 1.82 bits per heavy atom. The Labute approximate surface area is 81.0 Å². The Kier molecular flexibility index (Phi) is 2.84. The van der Waals surface area contributed by atoms with Crippen LogP contribution < -0.4 is 0 Å². The lowest BCUT2D eigenvalue weighted by molar-refractivity contribution is 0.101. The smallest absolute Gasteiger partial charge is 0.192 e. The molecule has 0 radical (unpaired) electrons. The number of carbonyl (C=O) groups excluding carboxylic acids is 1. The molecule has 11 heavy (non-hydrogen) atoms. The van der Waals surface area contributed by atoms with Crippen molar-refractivity contribution in [3.05, 3.63) is 16.4 Å². The minimum atomic E-state index is 0.0249. The van der Waals surface area contributed by atoms with Crippen LogP contribution in [0, 0.1) is 0 Å². The second kappa shape index (κ2) is 3.49. The molecule has 3 nitrogen and oxygen atoms in total. The van der Waals surface area contributed by atoms with E-state index in [1.165, 1.54) is 0 Å². The third kappa shape index (κ3) is 1.70. The third-order valence-corrected chi connectivity index (χ3v) is 2.37. The SMILES string of the molecule is Cn1ncc(Br)c1C(=O)CBr. The zero-order valence-electron chi connectivity index (χ0n) is 5.84. The first kappa shape index (κ1) is 8.93. The summed E-state index contributed by atoms with van der Waals surface area (Å²) in [6, 6.07) is 0. The van der Waals surface area contributed by atoms with Crippen molar-refractivity contribution in [1.29, 1.82) is 0 Å². The molecule has 0 fully saturated rings. The number of hydrogen-bond acceptors (Lipinski definition) is 2. The normalized spacial score (nSPS) is 10.1. The fourth-order valence-electron chi connectivity index (χ4n) is 0.788. The molecule has 0 aliphatic heterocycles. The van der Waals surface area contributed by atoms with Crippen molar-refractivity contribution in [1.82, 2.24) is 9.78 Å². The van der Waals surface area contributed by atoms with Crippen molar-refractivity contribution in [2.45, 2.75) is 0 Å². The number of ketones is 1. The first-order valence-corrected chi connectivity index (χ1v) is 4.85. The summed E-state index contributed by atoms with van der Waals surface area (Å²) in [7, 11) is 1.74. The second-order valence-corrected chi connectivity index (χ2v) is 3.44. The van der Waals surface area contributed by atoms with Gasteiger partial charge in [0.2, 0.25) is 0 Å². The average molecular weight is 282 g/mol. The molecule has 0 N–H and O–H groups in total. The molecule has 0 bridgehead atoms. The summed E-state index contributed by atoms with van der Waals surface area (Å²) in [5, 5.41) is 4.24. The van der Waals surface area contributed by atoms with E-state index >= 15 is 0 Å². The number of nitrogens with zero attached hydrogens (tertiary/aromatic N) is 2. The van der Waals surface area contributed by atoms with Crippen LogP contribution in [-0.2, 0) is 7.05 Å². The minimum absolute atomic E-state index is 0.0249. The van der Waals surface area contributed by atoms with Crippen molar-refractivity contribution in [3.8, 4) is 0 Å². The van der Waals surface area contributed by atoms with E-state index < -0.39 is 0 Å². The van der Waals surface area contributed by atoms with E-state index in [9.17, 15) is 4.79 Å². The van der Waals surface area contributed by atoms with Gasteiger partial charge in [-0.2, -0.15) is 5.10 Å². The highest BCUT2D eigenvalue weighted by molar-refractivity contribution is 9.10. The zero-order valence-corrected chi connectivity index (χ0v) is 9.02. The maximum Gasteiger partial charge on any atom is 0.192 e. The minimum Gasteiger partial charge on any atom is -0.291 e. The van der Waals surface area contributed by atoms with Crippen LogP contribution in [0.5, 0.6) is 0 Å². The molecule has 1 aromatic rings. The van der Waals surface area contributed by atoms with Gasteiger partial charge in [0.1, 0.15) is 5.69 Å². The summed E-state index contributed by atoms with van der Waals surface area (Å²) in [5.74, 6) is 0.0249. The molecule has 0 spiro atoms. The predicted octanol–water partition coefficient (Wildman–Crippen LogP) is 1.76. The Balaban J connectivity index is 3.10. The summed E-state index contributed by atoms with van der Waals surface area (Å²) >= 11 is 6.33. The molecular formula is C6H6Br2N2O. The number of Topliss-reactive ketones (excluding diaryl/α,β-unsaturated/α-hetero) is 1. The van der Waals surface area contributed by atoms with Crippen molar-refractivity contribution in [3.63, 3.8) is 0 Å². The number of halogens is 2. The van der Waals surface area contributed by atoms with E-state index in [2.05, 4.69) is 37.0 Å². The molecule has 1 aromatic heterocycles. The van der Waals surface area contributed by atoms with E-state index in [1.807, 2.05) is 0 Å². The number of aryl methyl sites for hydroxylation is 1. The molecule has 0 aromatic carbocycles. The van der Waals surface area contributed by atoms with Crippen LogP contribution in [0.25, 0.3) is 0 Å². The fourth-order valence-corrected chi connectivity index (χ4v) is 1.62. The molecule has 1 heterocycles. The number of alkyl halides is 1. The van der Waals surface area contributed by atoms with E-state index in [4.69, 9.17) is 0 Å². The van der Waals surface area contributed by atoms with E-state index in [0.717, 1.165) is 4.47 Å². The first-order valence-electron chi connectivity index (χ1n) is 2.93. The monoisotopic (exact) mass is 280 g/mol. The fraction of sp³-hybridized carbons (Fsp3) is 0.333. The van der Waals surface area contributed by atoms with Gasteiger partial charge in [-0.15, -0.1) is 0 Å². The van der Waals surface area contributed by atoms with Crippen molar-refractivity contribution in [2.24, 2.45) is 7.05 Å². The van der Waals surface area contributed by atoms with Gasteiger partial charge in [-0.3, -0.25) is 9.48 Å². The standard InChI is InChI=1S/C6H6Br2N2O/c1-10-6(5(11)2-7)4(8)3-9-10/h3H,2H2,1H3. The molecule has 0 aliphatic rings. The zero-order chi connectivity index (χ0) is 8.43. The Bertz CT molecular complexity index is 263. The largest absolute Gasteiger partial charge is 0.291 e. The van der Waals surface area contributed by atoms with Gasteiger partial charge in [-0.25, -0.2) is 0 Å². The van der Waals surface area contributed by atoms with Gasteiger partial charge >= 0.3 is 0 Å². The highest BCUT2D eigenvalue weighted by Crippen LogP contribution is 2.15. The molecular weight excluding hydrogens is 276 g/mol. The summed E-state index contributed by atoms with van der Waals surface area (Å²) < 4.78 is 2.29. The van der Waals surface area contributed by atoms with Gasteiger partial charge in [0.05, 0.1) is 16.0 Å². The first-order chi connectivity index (χ1) is 5.16. The number of carbonyl (C=O) groups is 1. The van der Waals surface area contributed by atoms with Gasteiger partial charge in [0, 0.05) is 7.05 Å². The van der Waals surface area contributed by atoms with E-state index in [0.29, 0.717) is 11.0 Å². The number of aromatic nitrogens is 2. The van der Waals surface area contributed by atoms with Gasteiger partial charge in [-0.1, -0.05) is 15.9 Å². The summed E-state index contributed by atoms with van der Waals surface area (Å²) in [5.41, 5.74) is 0.599. The lowest BCUT2D eigenvalue weighted by Gasteiger charge is -1.97. The van der Waals surface area contributed by atoms with Gasteiger partial charge in [0.25, 0.3) is 0 Å². The molecule has 0 aliphatic carbocycles. The van der Waals surface area contributed by atoms with Gasteiger partial charge in [0.15, 0.2) is 5.78 Å². The maximum absolute atomic E-state index is 11.2. The molecule has 0 atom stereocenters. The van der Waals surface area contributed by atoms with Crippen LogP contribution >= 0.6 is 31.9 Å². The maximum atomic E-state index is 11.2. The third-order valence-electron chi connectivity index (χ3n) is 1.28. The van der Waals surface area contributed by atoms with Crippen LogP contribution in [0.4, 0.5) is 0 Å². The van der Waals surface area contributed by atoms with Crippen molar-refractivity contribution < 1.29 is 4.79 Å². The lowest BCUT2D eigenvalue weighted by Crippen LogP contribution is -2.08. The highest BCUT2D eigenvalue weighted by Gasteiger charge is 2.12. The van der Waals surface area contributed by atoms with Crippen molar-refractivity contribution in [2.75, 3.05) is 5.33 Å². The molecule has 1 rings (SSSR count). The molecule has 0 unspecified atom stereocenters. The van der Waals surface area contributed by atoms with Crippen LogP contribution in [0.1, 0.15) is 10.5 Å². The Morgan fingerprint density at radius 3 is 2.82 bits per heavy atom. The van der Waals surface area contributed by atoms with E-state index in [-0.39, 0.29) is 5.78 Å². The molecule has 0 saturated carbocycles. The topological polar surface area (TPSA) is 34.9 Å². The number of hydrogen-bond donors (Lipinski definition) is 0. The molecule has 0 saturated heterocycles. The van der Waals surface area contributed by atoms with E-state index in [1.54, 1.807) is 17.9 Å². The quantitative estimate of drug-likeness (QED) is 0.612. The Hall–Kier alpha value is -0.160. The van der Waals surface area contributed by atoms with Crippen LogP contribution in [0.2, 0.25) is 0 Å². The second-order valence-electron chi connectivity index (χ2n) is 2.02. The van der Waals surface area contributed by atoms with Crippen LogP contribution in [0.15, 0.2) is 10.7 Å². The molecule has 0 amide bonds. The predicted molar refractivity (Wildman–Crippen MR) is 49.0 cm³/mol. The summed E-state index contributed by atoms with van der Waals surface area (Å²) in [6.07, 6.45) is 1.61. The average Bonchev–Trinajstić information content (AvgIpc) is 2.30. The summed E-state index contributed by atoms with van der Waals surface area (Å²) in [6.45, 7) is 0. The molecule has 5 heteroatoms. The van der Waals surface area contributed by atoms with Crippen molar-refractivity contribution >= 4 is 37.6 Å². The number of rotatable bonds is 2. The van der Waals surface area contributed by atoms with Gasteiger partial charge in [-0.05, 0) is 15.9 Å². The highest BCUT2D eigenvalue weighted by atomic mass is 79.9. The Morgan fingerprint density at radius 2 is 2.45 bits per heavy atom. The molecule has 60 valence electrons. The van der Waals surface area contributed by atoms with Crippen LogP contribution in [0.3, 0.4) is 0 Å². The van der Waals surface area contributed by atoms with Gasteiger partial charge < -0.3 is 0 Å². The lowest BCUT2D eigenvalue weighted by atomic mass is 10.3. The summed E-state index contributed by atoms with van der Waals surface area (Å²) in [4.78, 5) is 11.2. The van der Waals surface area contributed by atoms with Crippen LogP contribution in [-0.4, -0.2) is 20.9 Å².